The quantitative estimate of drug-likeness (QED) is 0.789. The van der Waals surface area contributed by atoms with E-state index >= 15 is 0 Å². The maximum atomic E-state index is 13.1. The second-order valence-corrected chi connectivity index (χ2v) is 4.94. The molecule has 0 aliphatic heterocycles. The van der Waals surface area contributed by atoms with Gasteiger partial charge in [-0.15, -0.1) is 0 Å². The fourth-order valence-corrected chi connectivity index (χ4v) is 2.32. The Morgan fingerprint density at radius 3 is 2.29 bits per heavy atom. The summed E-state index contributed by atoms with van der Waals surface area (Å²) >= 11 is 0. The van der Waals surface area contributed by atoms with Crippen LogP contribution in [0.15, 0.2) is 67.0 Å². The van der Waals surface area contributed by atoms with Gasteiger partial charge in [0.05, 0.1) is 17.9 Å². The number of hydrogen-bond donors (Lipinski definition) is 1. The third-order valence-electron chi connectivity index (χ3n) is 3.35. The van der Waals surface area contributed by atoms with Gasteiger partial charge in [-0.2, -0.15) is 5.10 Å². The summed E-state index contributed by atoms with van der Waals surface area (Å²) in [7, 11) is 1.88. The van der Waals surface area contributed by atoms with E-state index in [-0.39, 0.29) is 11.9 Å². The normalized spacial score (nSPS) is 12.1. The molecule has 1 aromatic heterocycles. The number of nitrogens with zero attached hydrogens (tertiary/aromatic N) is 2. The van der Waals surface area contributed by atoms with Gasteiger partial charge in [0.2, 0.25) is 0 Å². The minimum atomic E-state index is -0.230. The van der Waals surface area contributed by atoms with Crippen LogP contribution in [-0.2, 0) is 7.05 Å². The van der Waals surface area contributed by atoms with E-state index in [9.17, 15) is 4.39 Å². The summed E-state index contributed by atoms with van der Waals surface area (Å²) in [6, 6.07) is 16.6. The standard InChI is InChI=1S/C17H16FN3/c1-21-12-16(11-19-21)20-17(13-5-3-2-4-6-13)14-7-9-15(18)10-8-14/h2-12,17,20H,1H3. The van der Waals surface area contributed by atoms with E-state index < -0.39 is 0 Å². The third-order valence-corrected chi connectivity index (χ3v) is 3.35. The number of benzene rings is 2. The average molecular weight is 281 g/mol. The van der Waals surface area contributed by atoms with Gasteiger partial charge in [-0.1, -0.05) is 42.5 Å². The largest absolute Gasteiger partial charge is 0.372 e. The van der Waals surface area contributed by atoms with E-state index in [1.165, 1.54) is 12.1 Å². The number of halogens is 1. The first-order chi connectivity index (χ1) is 10.2. The first-order valence-corrected chi connectivity index (χ1v) is 6.78. The maximum Gasteiger partial charge on any atom is 0.123 e. The van der Waals surface area contributed by atoms with Crippen LogP contribution in [0.4, 0.5) is 10.1 Å². The third kappa shape index (κ3) is 3.11. The van der Waals surface area contributed by atoms with Crippen molar-refractivity contribution in [2.24, 2.45) is 7.05 Å². The Bertz CT molecular complexity index is 704. The monoisotopic (exact) mass is 281 g/mol. The number of rotatable bonds is 4. The molecule has 2 aromatic carbocycles. The zero-order chi connectivity index (χ0) is 14.7. The Morgan fingerprint density at radius 1 is 1.00 bits per heavy atom. The van der Waals surface area contributed by atoms with Gasteiger partial charge in [0.25, 0.3) is 0 Å². The van der Waals surface area contributed by atoms with Crippen LogP contribution in [0, 0.1) is 5.82 Å². The second-order valence-electron chi connectivity index (χ2n) is 4.94. The van der Waals surface area contributed by atoms with Crippen LogP contribution in [0.25, 0.3) is 0 Å². The van der Waals surface area contributed by atoms with Gasteiger partial charge in [-0.05, 0) is 23.3 Å². The van der Waals surface area contributed by atoms with Crippen molar-refractivity contribution in [1.82, 2.24) is 9.78 Å². The molecule has 106 valence electrons. The Balaban J connectivity index is 1.96. The van der Waals surface area contributed by atoms with Gasteiger partial charge in [0.15, 0.2) is 0 Å². The van der Waals surface area contributed by atoms with Crippen molar-refractivity contribution < 1.29 is 4.39 Å². The summed E-state index contributed by atoms with van der Waals surface area (Å²) < 4.78 is 14.9. The Morgan fingerprint density at radius 2 is 1.67 bits per heavy atom. The predicted molar refractivity (Wildman–Crippen MR) is 81.5 cm³/mol. The summed E-state index contributed by atoms with van der Waals surface area (Å²) in [4.78, 5) is 0. The Hall–Kier alpha value is -2.62. The molecular formula is C17H16FN3. The Kier molecular flexibility index (Phi) is 3.69. The molecule has 1 unspecified atom stereocenters. The van der Waals surface area contributed by atoms with Gasteiger partial charge >= 0.3 is 0 Å². The molecule has 1 atom stereocenters. The van der Waals surface area contributed by atoms with E-state index in [0.717, 1.165) is 16.8 Å². The first kappa shape index (κ1) is 13.4. The van der Waals surface area contributed by atoms with Gasteiger partial charge in [0, 0.05) is 13.2 Å². The van der Waals surface area contributed by atoms with Crippen LogP contribution in [0.3, 0.4) is 0 Å². The van der Waals surface area contributed by atoms with Crippen LogP contribution >= 0.6 is 0 Å². The minimum absolute atomic E-state index is 0.0454. The first-order valence-electron chi connectivity index (χ1n) is 6.78. The van der Waals surface area contributed by atoms with Crippen molar-refractivity contribution in [2.45, 2.75) is 6.04 Å². The highest BCUT2D eigenvalue weighted by Gasteiger charge is 2.14. The SMILES string of the molecule is Cn1cc(NC(c2ccccc2)c2ccc(F)cc2)cn1. The molecule has 0 saturated heterocycles. The summed E-state index contributed by atoms with van der Waals surface area (Å²) in [6.45, 7) is 0. The highest BCUT2D eigenvalue weighted by Crippen LogP contribution is 2.26. The molecular weight excluding hydrogens is 265 g/mol. The molecule has 3 rings (SSSR count). The maximum absolute atomic E-state index is 13.1. The van der Waals surface area contributed by atoms with Crippen LogP contribution in [-0.4, -0.2) is 9.78 Å². The highest BCUT2D eigenvalue weighted by atomic mass is 19.1. The Labute approximate surface area is 123 Å². The molecule has 0 fully saturated rings. The van der Waals surface area contributed by atoms with E-state index in [4.69, 9.17) is 0 Å². The fourth-order valence-electron chi connectivity index (χ4n) is 2.32. The summed E-state index contributed by atoms with van der Waals surface area (Å²) in [5.41, 5.74) is 3.05. The lowest BCUT2D eigenvalue weighted by molar-refractivity contribution is 0.626. The molecule has 0 aliphatic carbocycles. The molecule has 3 aromatic rings. The molecule has 0 bridgehead atoms. The van der Waals surface area contributed by atoms with Crippen LogP contribution < -0.4 is 5.32 Å². The van der Waals surface area contributed by atoms with Crippen molar-refractivity contribution in [2.75, 3.05) is 5.32 Å². The molecule has 0 amide bonds. The topological polar surface area (TPSA) is 29.9 Å². The highest BCUT2D eigenvalue weighted by molar-refractivity contribution is 5.46. The van der Waals surface area contributed by atoms with E-state index in [2.05, 4.69) is 22.5 Å². The molecule has 4 heteroatoms. The van der Waals surface area contributed by atoms with Crippen molar-refractivity contribution in [3.63, 3.8) is 0 Å². The van der Waals surface area contributed by atoms with Crippen LogP contribution in [0.2, 0.25) is 0 Å². The second kappa shape index (κ2) is 5.79. The smallest absolute Gasteiger partial charge is 0.123 e. The molecule has 0 saturated carbocycles. The van der Waals surface area contributed by atoms with Gasteiger partial charge in [-0.3, -0.25) is 4.68 Å². The zero-order valence-corrected chi connectivity index (χ0v) is 11.7. The fraction of sp³-hybridized carbons (Fsp3) is 0.118. The molecule has 0 aliphatic rings. The van der Waals surface area contributed by atoms with Crippen molar-refractivity contribution in [1.29, 1.82) is 0 Å². The van der Waals surface area contributed by atoms with Gasteiger partial charge in [-0.25, -0.2) is 4.39 Å². The molecule has 1 heterocycles. The number of hydrogen-bond acceptors (Lipinski definition) is 2. The van der Waals surface area contributed by atoms with Gasteiger partial charge < -0.3 is 5.32 Å². The minimum Gasteiger partial charge on any atom is -0.372 e. The van der Waals surface area contributed by atoms with Crippen molar-refractivity contribution in [3.8, 4) is 0 Å². The summed E-state index contributed by atoms with van der Waals surface area (Å²) in [5, 5.41) is 7.61. The van der Waals surface area contributed by atoms with Crippen molar-refractivity contribution in [3.05, 3.63) is 83.9 Å². The molecule has 21 heavy (non-hydrogen) atoms. The van der Waals surface area contributed by atoms with E-state index in [1.54, 1.807) is 23.0 Å². The molecule has 3 nitrogen and oxygen atoms in total. The summed E-state index contributed by atoms with van der Waals surface area (Å²) in [5.74, 6) is -0.230. The predicted octanol–water partition coefficient (Wildman–Crippen LogP) is 3.76. The van der Waals surface area contributed by atoms with Crippen molar-refractivity contribution >= 4 is 5.69 Å². The number of anilines is 1. The van der Waals surface area contributed by atoms with Crippen LogP contribution in [0.5, 0.6) is 0 Å². The van der Waals surface area contributed by atoms with Crippen LogP contribution in [0.1, 0.15) is 17.2 Å². The lowest BCUT2D eigenvalue weighted by atomic mass is 9.98. The number of nitrogens with one attached hydrogen (secondary N) is 1. The number of aromatic nitrogens is 2. The summed E-state index contributed by atoms with van der Waals surface area (Å²) in [6.07, 6.45) is 3.69. The lowest BCUT2D eigenvalue weighted by Crippen LogP contribution is -2.12. The number of aryl methyl sites for hydroxylation is 1. The molecule has 0 radical (unpaired) electrons. The van der Waals surface area contributed by atoms with E-state index in [0.29, 0.717) is 0 Å². The van der Waals surface area contributed by atoms with Gasteiger partial charge in [0.1, 0.15) is 5.82 Å². The molecule has 1 N–H and O–H groups in total. The zero-order valence-electron chi connectivity index (χ0n) is 11.7. The lowest BCUT2D eigenvalue weighted by Gasteiger charge is -2.20. The van der Waals surface area contributed by atoms with E-state index in [1.807, 2.05) is 31.4 Å². The molecule has 0 spiro atoms. The average Bonchev–Trinajstić information content (AvgIpc) is 2.92.